The quantitative estimate of drug-likeness (QED) is 0.717. The Bertz CT molecular complexity index is 775. The SMILES string of the molecule is Cc1ccc(SCC(=O)N[C@@H](C)[C@H](c2ccccc2)N2CCOCC2)cc1C. The number of amides is 1. The second-order valence-electron chi connectivity index (χ2n) is 7.39. The lowest BCUT2D eigenvalue weighted by atomic mass is 9.98. The van der Waals surface area contributed by atoms with Crippen LogP contribution in [0.4, 0.5) is 0 Å². The highest BCUT2D eigenvalue weighted by molar-refractivity contribution is 8.00. The average Bonchev–Trinajstić information content (AvgIpc) is 2.71. The highest BCUT2D eigenvalue weighted by Crippen LogP contribution is 2.26. The molecule has 0 unspecified atom stereocenters. The topological polar surface area (TPSA) is 41.6 Å². The van der Waals surface area contributed by atoms with Crippen LogP contribution in [0, 0.1) is 13.8 Å². The van der Waals surface area contributed by atoms with Crippen LogP contribution in [0.15, 0.2) is 53.4 Å². The molecule has 1 amide bonds. The summed E-state index contributed by atoms with van der Waals surface area (Å²) in [7, 11) is 0. The fraction of sp³-hybridized carbons (Fsp3) is 0.435. The van der Waals surface area contributed by atoms with Crippen LogP contribution in [-0.4, -0.2) is 48.9 Å². The van der Waals surface area contributed by atoms with Crippen molar-refractivity contribution in [2.24, 2.45) is 0 Å². The summed E-state index contributed by atoms with van der Waals surface area (Å²) in [6.07, 6.45) is 0. The Hall–Kier alpha value is -1.82. The highest BCUT2D eigenvalue weighted by Gasteiger charge is 2.28. The van der Waals surface area contributed by atoms with Gasteiger partial charge in [-0.15, -0.1) is 11.8 Å². The Kier molecular flexibility index (Phi) is 7.54. The summed E-state index contributed by atoms with van der Waals surface area (Å²) in [4.78, 5) is 16.2. The maximum atomic E-state index is 12.6. The van der Waals surface area contributed by atoms with E-state index in [1.54, 1.807) is 11.8 Å². The van der Waals surface area contributed by atoms with Crippen molar-refractivity contribution in [3.8, 4) is 0 Å². The van der Waals surface area contributed by atoms with Crippen LogP contribution in [0.25, 0.3) is 0 Å². The number of hydrogen-bond acceptors (Lipinski definition) is 4. The van der Waals surface area contributed by atoms with E-state index in [2.05, 4.69) is 73.5 Å². The van der Waals surface area contributed by atoms with E-state index in [0.29, 0.717) is 5.75 Å². The predicted octanol–water partition coefficient (Wildman–Crippen LogP) is 3.97. The number of thioether (sulfide) groups is 1. The number of carbonyl (C=O) groups excluding carboxylic acids is 1. The van der Waals surface area contributed by atoms with Crippen molar-refractivity contribution in [3.63, 3.8) is 0 Å². The van der Waals surface area contributed by atoms with Gasteiger partial charge < -0.3 is 10.1 Å². The molecule has 1 saturated heterocycles. The van der Waals surface area contributed by atoms with Gasteiger partial charge in [-0.2, -0.15) is 0 Å². The molecule has 4 nitrogen and oxygen atoms in total. The summed E-state index contributed by atoms with van der Waals surface area (Å²) in [5.41, 5.74) is 3.77. The molecule has 2 atom stereocenters. The molecule has 5 heteroatoms. The minimum absolute atomic E-state index is 0.0216. The summed E-state index contributed by atoms with van der Waals surface area (Å²) in [6, 6.07) is 17.0. The molecule has 2 aromatic rings. The molecule has 0 aromatic heterocycles. The number of nitrogens with one attached hydrogen (secondary N) is 1. The van der Waals surface area contributed by atoms with Crippen LogP contribution in [0.1, 0.15) is 29.7 Å². The van der Waals surface area contributed by atoms with Crippen molar-refractivity contribution in [1.29, 1.82) is 0 Å². The summed E-state index contributed by atoms with van der Waals surface area (Å²) >= 11 is 1.59. The summed E-state index contributed by atoms with van der Waals surface area (Å²) < 4.78 is 5.52. The van der Waals surface area contributed by atoms with Gasteiger partial charge in [0.15, 0.2) is 0 Å². The molecule has 150 valence electrons. The zero-order valence-electron chi connectivity index (χ0n) is 17.0. The number of ether oxygens (including phenoxy) is 1. The van der Waals surface area contributed by atoms with E-state index in [4.69, 9.17) is 4.74 Å². The van der Waals surface area contributed by atoms with Crippen molar-refractivity contribution in [2.75, 3.05) is 32.1 Å². The Balaban J connectivity index is 1.62. The van der Waals surface area contributed by atoms with Gasteiger partial charge in [0, 0.05) is 24.0 Å². The fourth-order valence-electron chi connectivity index (χ4n) is 3.65. The van der Waals surface area contributed by atoms with Crippen LogP contribution >= 0.6 is 11.8 Å². The normalized spacial score (nSPS) is 17.1. The number of morpholine rings is 1. The van der Waals surface area contributed by atoms with Crippen molar-refractivity contribution in [2.45, 2.75) is 37.8 Å². The second-order valence-corrected chi connectivity index (χ2v) is 8.44. The first-order valence-corrected chi connectivity index (χ1v) is 10.9. The largest absolute Gasteiger partial charge is 0.379 e. The summed E-state index contributed by atoms with van der Waals surface area (Å²) in [5.74, 6) is 0.502. The molecule has 28 heavy (non-hydrogen) atoms. The van der Waals surface area contributed by atoms with Crippen LogP contribution in [0.2, 0.25) is 0 Å². The van der Waals surface area contributed by atoms with Gasteiger partial charge in [-0.05, 0) is 49.6 Å². The van der Waals surface area contributed by atoms with Crippen LogP contribution in [0.5, 0.6) is 0 Å². The Morgan fingerprint density at radius 1 is 1.11 bits per heavy atom. The monoisotopic (exact) mass is 398 g/mol. The zero-order chi connectivity index (χ0) is 19.9. The van der Waals surface area contributed by atoms with Gasteiger partial charge in [0.25, 0.3) is 0 Å². The first kappa shape index (κ1) is 20.9. The molecule has 0 aliphatic carbocycles. The Morgan fingerprint density at radius 2 is 1.82 bits per heavy atom. The minimum Gasteiger partial charge on any atom is -0.379 e. The van der Waals surface area contributed by atoms with Gasteiger partial charge in [-0.3, -0.25) is 9.69 Å². The maximum absolute atomic E-state index is 12.6. The van der Waals surface area contributed by atoms with Crippen molar-refractivity contribution in [1.82, 2.24) is 10.2 Å². The first-order chi connectivity index (χ1) is 13.5. The molecule has 1 heterocycles. The molecular formula is C23H30N2O2S. The maximum Gasteiger partial charge on any atom is 0.230 e. The average molecular weight is 399 g/mol. The third-order valence-corrected chi connectivity index (χ3v) is 6.28. The van der Waals surface area contributed by atoms with Gasteiger partial charge in [0.2, 0.25) is 5.91 Å². The summed E-state index contributed by atoms with van der Waals surface area (Å²) in [5, 5.41) is 3.23. The van der Waals surface area contributed by atoms with E-state index >= 15 is 0 Å². The second kappa shape index (κ2) is 10.1. The zero-order valence-corrected chi connectivity index (χ0v) is 17.8. The van der Waals surface area contributed by atoms with E-state index < -0.39 is 0 Å². The van der Waals surface area contributed by atoms with E-state index in [9.17, 15) is 4.79 Å². The van der Waals surface area contributed by atoms with Gasteiger partial charge in [-0.25, -0.2) is 0 Å². The molecule has 2 aromatic carbocycles. The molecule has 0 spiro atoms. The number of nitrogens with zero attached hydrogens (tertiary/aromatic N) is 1. The minimum atomic E-state index is 0.0216. The molecule has 1 N–H and O–H groups in total. The Morgan fingerprint density at radius 3 is 2.50 bits per heavy atom. The van der Waals surface area contributed by atoms with E-state index in [-0.39, 0.29) is 18.0 Å². The lowest BCUT2D eigenvalue weighted by Crippen LogP contribution is -2.48. The standard InChI is InChI=1S/C23H30N2O2S/c1-17-9-10-21(15-18(17)2)28-16-22(26)24-19(3)23(20-7-5-4-6-8-20)25-11-13-27-14-12-25/h4-10,15,19,23H,11-14,16H2,1-3H3,(H,24,26)/t19-,23+/m0/s1. The molecule has 0 saturated carbocycles. The van der Waals surface area contributed by atoms with Gasteiger partial charge in [0.1, 0.15) is 0 Å². The first-order valence-electron chi connectivity index (χ1n) is 9.91. The van der Waals surface area contributed by atoms with Crippen molar-refractivity contribution >= 4 is 17.7 Å². The lowest BCUT2D eigenvalue weighted by molar-refractivity contribution is -0.119. The number of aryl methyl sites for hydroxylation is 2. The highest BCUT2D eigenvalue weighted by atomic mass is 32.2. The lowest BCUT2D eigenvalue weighted by Gasteiger charge is -2.38. The molecule has 0 radical (unpaired) electrons. The van der Waals surface area contributed by atoms with E-state index in [1.807, 2.05) is 6.07 Å². The number of hydrogen-bond donors (Lipinski definition) is 1. The van der Waals surface area contributed by atoms with E-state index in [0.717, 1.165) is 31.2 Å². The molecule has 1 fully saturated rings. The van der Waals surface area contributed by atoms with Gasteiger partial charge in [-0.1, -0.05) is 36.4 Å². The molecule has 0 bridgehead atoms. The van der Waals surface area contributed by atoms with Crippen LogP contribution in [0.3, 0.4) is 0 Å². The smallest absolute Gasteiger partial charge is 0.230 e. The third-order valence-electron chi connectivity index (χ3n) is 5.29. The van der Waals surface area contributed by atoms with Gasteiger partial charge >= 0.3 is 0 Å². The number of benzene rings is 2. The third kappa shape index (κ3) is 5.60. The Labute approximate surface area is 172 Å². The molecule has 1 aliphatic heterocycles. The summed E-state index contributed by atoms with van der Waals surface area (Å²) in [6.45, 7) is 9.57. The molecular weight excluding hydrogens is 368 g/mol. The van der Waals surface area contributed by atoms with Crippen LogP contribution < -0.4 is 5.32 Å². The molecule has 3 rings (SSSR count). The van der Waals surface area contributed by atoms with Gasteiger partial charge in [0.05, 0.1) is 25.0 Å². The fourth-order valence-corrected chi connectivity index (χ4v) is 4.45. The predicted molar refractivity (Wildman–Crippen MR) is 116 cm³/mol. The van der Waals surface area contributed by atoms with Crippen molar-refractivity contribution < 1.29 is 9.53 Å². The van der Waals surface area contributed by atoms with Crippen LogP contribution in [-0.2, 0) is 9.53 Å². The van der Waals surface area contributed by atoms with Crippen molar-refractivity contribution in [3.05, 3.63) is 65.2 Å². The molecule has 1 aliphatic rings. The number of carbonyl (C=O) groups is 1. The number of rotatable bonds is 7. The van der Waals surface area contributed by atoms with E-state index in [1.165, 1.54) is 16.7 Å².